The molecule has 2 aromatic rings. The van der Waals surface area contributed by atoms with E-state index < -0.39 is 0 Å². The molecular weight excluding hydrogens is 248 g/mol. The lowest BCUT2D eigenvalue weighted by molar-refractivity contribution is 0.194. The second kappa shape index (κ2) is 5.16. The van der Waals surface area contributed by atoms with E-state index in [1.165, 1.54) is 11.4 Å². The smallest absolute Gasteiger partial charge is 0.223 e. The van der Waals surface area contributed by atoms with Crippen LogP contribution in [0.1, 0.15) is 35.5 Å². The minimum Gasteiger partial charge on any atom is -0.340 e. The topological polar surface area (TPSA) is 55.1 Å². The van der Waals surface area contributed by atoms with E-state index in [2.05, 4.69) is 20.0 Å². The predicted octanol–water partition coefficient (Wildman–Crippen LogP) is 2.21. The summed E-state index contributed by atoms with van der Waals surface area (Å²) in [6.45, 7) is 4.91. The summed E-state index contributed by atoms with van der Waals surface area (Å²) in [5, 5.41) is 7.25. The average Bonchev–Trinajstić information content (AvgIpc) is 3.01. The standard InChI is InChI=1S/C12H16N4OS/c1-9-14-12(15-17-9)10-3-2-5-16(7-10)8-11-13-4-6-18-11/h4,6,10H,2-3,5,7-8H2,1H3. The van der Waals surface area contributed by atoms with E-state index in [1.54, 1.807) is 11.3 Å². The van der Waals surface area contributed by atoms with Crippen molar-refractivity contribution in [3.63, 3.8) is 0 Å². The Morgan fingerprint density at radius 1 is 1.56 bits per heavy atom. The van der Waals surface area contributed by atoms with Crippen LogP contribution in [0.15, 0.2) is 16.1 Å². The van der Waals surface area contributed by atoms with Gasteiger partial charge in [0.25, 0.3) is 0 Å². The number of likely N-dealkylation sites (tertiary alicyclic amines) is 1. The van der Waals surface area contributed by atoms with Crippen LogP contribution < -0.4 is 0 Å². The molecule has 1 atom stereocenters. The summed E-state index contributed by atoms with van der Waals surface area (Å²) in [4.78, 5) is 11.1. The first-order chi connectivity index (χ1) is 8.81. The van der Waals surface area contributed by atoms with Crippen LogP contribution in [0, 0.1) is 6.92 Å². The number of aromatic nitrogens is 3. The fourth-order valence-electron chi connectivity index (χ4n) is 2.41. The molecule has 0 N–H and O–H groups in total. The van der Waals surface area contributed by atoms with Gasteiger partial charge in [-0.25, -0.2) is 4.98 Å². The summed E-state index contributed by atoms with van der Waals surface area (Å²) < 4.78 is 5.07. The molecule has 3 heterocycles. The van der Waals surface area contributed by atoms with E-state index in [9.17, 15) is 0 Å². The number of aryl methyl sites for hydroxylation is 1. The van der Waals surface area contributed by atoms with E-state index in [0.717, 1.165) is 31.9 Å². The van der Waals surface area contributed by atoms with Gasteiger partial charge in [-0.05, 0) is 19.4 Å². The summed E-state index contributed by atoms with van der Waals surface area (Å²) in [5.74, 6) is 1.91. The van der Waals surface area contributed by atoms with Crippen molar-refractivity contribution in [2.75, 3.05) is 13.1 Å². The first kappa shape index (κ1) is 11.8. The molecule has 96 valence electrons. The van der Waals surface area contributed by atoms with Crippen LogP contribution in [0.4, 0.5) is 0 Å². The van der Waals surface area contributed by atoms with Crippen LogP contribution in [0.3, 0.4) is 0 Å². The van der Waals surface area contributed by atoms with Gasteiger partial charge >= 0.3 is 0 Å². The molecule has 0 aromatic carbocycles. The first-order valence-corrected chi connectivity index (χ1v) is 7.10. The maximum atomic E-state index is 5.07. The Kier molecular flexibility index (Phi) is 3.38. The van der Waals surface area contributed by atoms with Crippen molar-refractivity contribution in [2.45, 2.75) is 32.2 Å². The quantitative estimate of drug-likeness (QED) is 0.850. The van der Waals surface area contributed by atoms with Gasteiger partial charge in [0.1, 0.15) is 5.01 Å². The highest BCUT2D eigenvalue weighted by molar-refractivity contribution is 7.09. The van der Waals surface area contributed by atoms with E-state index >= 15 is 0 Å². The van der Waals surface area contributed by atoms with E-state index in [4.69, 9.17) is 4.52 Å². The monoisotopic (exact) mass is 264 g/mol. The van der Waals surface area contributed by atoms with Gasteiger partial charge in [0.2, 0.25) is 5.89 Å². The number of thiazole rings is 1. The third-order valence-electron chi connectivity index (χ3n) is 3.26. The average molecular weight is 264 g/mol. The molecule has 6 heteroatoms. The van der Waals surface area contributed by atoms with Crippen molar-refractivity contribution in [3.05, 3.63) is 28.3 Å². The minimum absolute atomic E-state index is 0.399. The van der Waals surface area contributed by atoms with Gasteiger partial charge in [0, 0.05) is 31.0 Å². The number of rotatable bonds is 3. The molecule has 3 rings (SSSR count). The normalized spacial score (nSPS) is 21.3. The summed E-state index contributed by atoms with van der Waals surface area (Å²) in [5.41, 5.74) is 0. The van der Waals surface area contributed by atoms with E-state index in [1.807, 2.05) is 18.5 Å². The summed E-state index contributed by atoms with van der Waals surface area (Å²) in [7, 11) is 0. The van der Waals surface area contributed by atoms with E-state index in [-0.39, 0.29) is 0 Å². The molecule has 18 heavy (non-hydrogen) atoms. The molecule has 0 amide bonds. The number of nitrogens with zero attached hydrogens (tertiary/aromatic N) is 4. The summed E-state index contributed by atoms with van der Waals surface area (Å²) in [6, 6.07) is 0. The maximum absolute atomic E-state index is 5.07. The van der Waals surface area contributed by atoms with Crippen LogP contribution in [-0.4, -0.2) is 33.1 Å². The Bertz CT molecular complexity index is 496. The highest BCUT2D eigenvalue weighted by Crippen LogP contribution is 2.26. The highest BCUT2D eigenvalue weighted by atomic mass is 32.1. The molecule has 5 nitrogen and oxygen atoms in total. The van der Waals surface area contributed by atoms with Crippen molar-refractivity contribution in [3.8, 4) is 0 Å². The largest absolute Gasteiger partial charge is 0.340 e. The molecule has 0 radical (unpaired) electrons. The second-order valence-corrected chi connectivity index (χ2v) is 5.65. The third-order valence-corrected chi connectivity index (χ3v) is 4.02. The Labute approximate surface area is 110 Å². The van der Waals surface area contributed by atoms with Crippen molar-refractivity contribution in [1.82, 2.24) is 20.0 Å². The van der Waals surface area contributed by atoms with Gasteiger partial charge in [0.05, 0.1) is 6.54 Å². The fraction of sp³-hybridized carbons (Fsp3) is 0.583. The lowest BCUT2D eigenvalue weighted by atomic mass is 9.97. The Morgan fingerprint density at radius 2 is 2.50 bits per heavy atom. The van der Waals surface area contributed by atoms with Gasteiger partial charge in [-0.3, -0.25) is 4.90 Å². The molecule has 0 bridgehead atoms. The Hall–Kier alpha value is -1.27. The third kappa shape index (κ3) is 2.59. The maximum Gasteiger partial charge on any atom is 0.223 e. The minimum atomic E-state index is 0.399. The van der Waals surface area contributed by atoms with Crippen LogP contribution in [0.25, 0.3) is 0 Å². The van der Waals surface area contributed by atoms with Gasteiger partial charge in [-0.2, -0.15) is 4.98 Å². The summed E-state index contributed by atoms with van der Waals surface area (Å²) in [6.07, 6.45) is 4.20. The summed E-state index contributed by atoms with van der Waals surface area (Å²) >= 11 is 1.72. The predicted molar refractivity (Wildman–Crippen MR) is 68.4 cm³/mol. The second-order valence-electron chi connectivity index (χ2n) is 4.67. The molecule has 1 unspecified atom stereocenters. The molecule has 1 fully saturated rings. The molecule has 1 aliphatic rings. The first-order valence-electron chi connectivity index (χ1n) is 6.22. The molecule has 0 saturated carbocycles. The molecular formula is C12H16N4OS. The molecule has 2 aromatic heterocycles. The van der Waals surface area contributed by atoms with Gasteiger partial charge in [-0.1, -0.05) is 5.16 Å². The molecule has 0 spiro atoms. The zero-order valence-corrected chi connectivity index (χ0v) is 11.2. The van der Waals surface area contributed by atoms with Gasteiger partial charge < -0.3 is 4.52 Å². The van der Waals surface area contributed by atoms with Crippen molar-refractivity contribution in [2.24, 2.45) is 0 Å². The molecule has 1 aliphatic heterocycles. The highest BCUT2D eigenvalue weighted by Gasteiger charge is 2.25. The van der Waals surface area contributed by atoms with Crippen LogP contribution in [0.2, 0.25) is 0 Å². The zero-order chi connectivity index (χ0) is 12.4. The zero-order valence-electron chi connectivity index (χ0n) is 10.4. The van der Waals surface area contributed by atoms with Crippen LogP contribution >= 0.6 is 11.3 Å². The Balaban J connectivity index is 1.65. The van der Waals surface area contributed by atoms with Crippen molar-refractivity contribution in [1.29, 1.82) is 0 Å². The SMILES string of the molecule is Cc1nc(C2CCCN(Cc3nccs3)C2)no1. The van der Waals surface area contributed by atoms with Crippen molar-refractivity contribution >= 4 is 11.3 Å². The lowest BCUT2D eigenvalue weighted by Crippen LogP contribution is -2.34. The van der Waals surface area contributed by atoms with E-state index in [0.29, 0.717) is 11.8 Å². The Morgan fingerprint density at radius 3 is 3.22 bits per heavy atom. The van der Waals surface area contributed by atoms with Crippen LogP contribution in [0.5, 0.6) is 0 Å². The molecule has 0 aliphatic carbocycles. The lowest BCUT2D eigenvalue weighted by Gasteiger charge is -2.30. The van der Waals surface area contributed by atoms with Gasteiger partial charge in [0.15, 0.2) is 5.82 Å². The fourth-order valence-corrected chi connectivity index (χ4v) is 3.07. The number of piperidine rings is 1. The number of hydrogen-bond donors (Lipinski definition) is 0. The number of hydrogen-bond acceptors (Lipinski definition) is 6. The molecule has 1 saturated heterocycles. The van der Waals surface area contributed by atoms with Crippen molar-refractivity contribution < 1.29 is 4.52 Å². The van der Waals surface area contributed by atoms with Crippen LogP contribution in [-0.2, 0) is 6.54 Å². The van der Waals surface area contributed by atoms with Gasteiger partial charge in [-0.15, -0.1) is 11.3 Å².